The number of fused-ring (bicyclic) bond motifs is 20. The summed E-state index contributed by atoms with van der Waals surface area (Å²) in [5.74, 6) is 0.908. The maximum absolute atomic E-state index is 2.70. The second-order valence-corrected chi connectivity index (χ2v) is 19.7. The molecule has 4 nitrogen and oxygen atoms in total. The van der Waals surface area contributed by atoms with Crippen LogP contribution in [-0.2, 0) is 10.8 Å². The van der Waals surface area contributed by atoms with Gasteiger partial charge in [-0.3, -0.25) is 0 Å². The first kappa shape index (κ1) is 34.7. The Hall–Kier alpha value is -6.13. The van der Waals surface area contributed by atoms with E-state index in [0.29, 0.717) is 11.8 Å². The van der Waals surface area contributed by atoms with Crippen molar-refractivity contribution in [3.8, 4) is 22.3 Å². The molecule has 0 unspecified atom stereocenters. The molecule has 0 amide bonds. The van der Waals surface area contributed by atoms with Gasteiger partial charge in [-0.2, -0.15) is 0 Å². The highest BCUT2D eigenvalue weighted by Crippen LogP contribution is 2.62. The van der Waals surface area contributed by atoms with Crippen molar-refractivity contribution in [2.75, 3.05) is 19.2 Å². The summed E-state index contributed by atoms with van der Waals surface area (Å²) in [6.45, 7) is 18.9. The van der Waals surface area contributed by atoms with E-state index in [1.165, 1.54) is 112 Å². The van der Waals surface area contributed by atoms with Crippen LogP contribution in [0.4, 0.5) is 45.5 Å². The van der Waals surface area contributed by atoms with Gasteiger partial charge < -0.3 is 19.2 Å². The van der Waals surface area contributed by atoms with Crippen molar-refractivity contribution in [3.05, 3.63) is 167 Å². The van der Waals surface area contributed by atoms with Gasteiger partial charge in [0.25, 0.3) is 0 Å². The molecule has 0 spiro atoms. The lowest BCUT2D eigenvalue weighted by Gasteiger charge is -2.44. The molecule has 60 heavy (non-hydrogen) atoms. The van der Waals surface area contributed by atoms with Gasteiger partial charge in [-0.15, -0.1) is 0 Å². The maximum Gasteiger partial charge on any atom is 0.421 e. The molecule has 0 atom stereocenters. The van der Waals surface area contributed by atoms with Crippen molar-refractivity contribution in [3.63, 3.8) is 0 Å². The molecule has 0 bridgehead atoms. The minimum atomic E-state index is -0.150. The highest BCUT2D eigenvalue weighted by Gasteiger charge is 2.56. The third kappa shape index (κ3) is 4.06. The topological polar surface area (TPSA) is 13.0 Å². The van der Waals surface area contributed by atoms with E-state index in [1.54, 1.807) is 0 Å². The van der Waals surface area contributed by atoms with Gasteiger partial charge >= 0.3 is 14.0 Å². The average Bonchev–Trinajstić information content (AvgIpc) is 3.79. The van der Waals surface area contributed by atoms with Crippen molar-refractivity contribution in [2.45, 2.75) is 78.1 Å². The van der Waals surface area contributed by atoms with Crippen LogP contribution in [-0.4, -0.2) is 14.0 Å². The molecule has 0 radical (unpaired) electrons. The Labute approximate surface area is 355 Å². The van der Waals surface area contributed by atoms with Gasteiger partial charge in [-0.25, -0.2) is 0 Å². The van der Waals surface area contributed by atoms with Crippen LogP contribution in [0.3, 0.4) is 0 Å². The Balaban J connectivity index is 1.09. The molecular weight excluding hydrogens is 726 g/mol. The zero-order chi connectivity index (χ0) is 40.7. The van der Waals surface area contributed by atoms with Crippen molar-refractivity contribution in [2.24, 2.45) is 0 Å². The number of hydrogen-bond donors (Lipinski definition) is 0. The first-order valence-corrected chi connectivity index (χ1v) is 22.1. The lowest BCUT2D eigenvalue weighted by Crippen LogP contribution is -2.60. The van der Waals surface area contributed by atoms with Crippen molar-refractivity contribution < 1.29 is 0 Å². The lowest BCUT2D eigenvalue weighted by atomic mass is 9.53. The Morgan fingerprint density at radius 3 is 1.18 bits per heavy atom. The van der Waals surface area contributed by atoms with Crippen LogP contribution in [0.15, 0.2) is 133 Å². The molecule has 0 saturated heterocycles. The summed E-state index contributed by atoms with van der Waals surface area (Å²) in [5.41, 5.74) is 26.5. The normalized spacial score (nSPS) is 17.0. The zero-order valence-corrected chi connectivity index (χ0v) is 35.8. The average molecular weight is 775 g/mol. The highest BCUT2D eigenvalue weighted by atomic mass is 15.3. The first-order chi connectivity index (χ1) is 29.0. The van der Waals surface area contributed by atoms with E-state index in [4.69, 9.17) is 0 Å². The third-order valence-electron chi connectivity index (χ3n) is 15.3. The summed E-state index contributed by atoms with van der Waals surface area (Å²) in [6.07, 6.45) is 0. The summed E-state index contributed by atoms with van der Waals surface area (Å²) < 4.78 is 0. The zero-order valence-electron chi connectivity index (χ0n) is 35.8. The quantitative estimate of drug-likeness (QED) is 0.162. The molecule has 6 aliphatic heterocycles. The van der Waals surface area contributed by atoms with Crippen molar-refractivity contribution in [1.29, 1.82) is 0 Å². The smallest absolute Gasteiger partial charge is 0.359 e. The number of benzene rings is 7. The molecule has 0 fully saturated rings. The molecule has 0 saturated carbocycles. The SMILES string of the molecule is CC(C)c1ccc2c(c1)C(C)(C)c1cccc3c1N2B1c2cc4c(cc2-c2ccccc2N13)B1N(c2ccccc2-4)c2cccc3c2N1c1ccc(C(C)C)cc1C3(C)C. The first-order valence-electron chi connectivity index (χ1n) is 22.1. The van der Waals surface area contributed by atoms with Crippen LogP contribution in [0.1, 0.15) is 101 Å². The fourth-order valence-corrected chi connectivity index (χ4v) is 12.2. The molecule has 7 aromatic rings. The summed E-state index contributed by atoms with van der Waals surface area (Å²) in [4.78, 5) is 10.7. The number of hydrogen-bond acceptors (Lipinski definition) is 4. The molecule has 290 valence electrons. The van der Waals surface area contributed by atoms with Gasteiger partial charge in [0.2, 0.25) is 0 Å². The standard InChI is InChI=1S/C54H48B2N4/c1-31(2)33-23-25-47-41(27-33)53(5,6)39-17-13-21-49-51(39)59(47)55-43-29-38-36-16-10-12-20-46(36)58-50-22-14-18-40-52(50)60(48-26-24-34(32(3)4)28-42(48)54(40,7)8)56(58)44(38)30-37(43)35-15-9-11-19-45(35)57(49)55/h9-32H,1-8H3. The molecule has 6 heterocycles. The number of para-hydroxylation sites is 4. The highest BCUT2D eigenvalue weighted by molar-refractivity contribution is 6.89. The fraction of sp³-hybridized carbons (Fsp3) is 0.222. The van der Waals surface area contributed by atoms with Gasteiger partial charge in [0.15, 0.2) is 0 Å². The van der Waals surface area contributed by atoms with Gasteiger partial charge in [0.1, 0.15) is 0 Å². The molecule has 6 heteroatoms. The van der Waals surface area contributed by atoms with Crippen LogP contribution in [0, 0.1) is 0 Å². The monoisotopic (exact) mass is 774 g/mol. The van der Waals surface area contributed by atoms with Crippen LogP contribution >= 0.6 is 0 Å². The summed E-state index contributed by atoms with van der Waals surface area (Å²) >= 11 is 0. The van der Waals surface area contributed by atoms with E-state index in [-0.39, 0.29) is 24.8 Å². The van der Waals surface area contributed by atoms with Crippen LogP contribution in [0.25, 0.3) is 22.3 Å². The molecular formula is C54H48B2N4. The van der Waals surface area contributed by atoms with Gasteiger partial charge in [0.05, 0.1) is 22.7 Å². The molecule has 0 N–H and O–H groups in total. The second kappa shape index (κ2) is 11.4. The lowest BCUT2D eigenvalue weighted by molar-refractivity contribution is 0.632. The Bertz CT molecular complexity index is 2860. The van der Waals surface area contributed by atoms with E-state index in [1.807, 2.05) is 0 Å². The molecule has 0 aliphatic carbocycles. The van der Waals surface area contributed by atoms with Crippen LogP contribution in [0.2, 0.25) is 0 Å². The molecule has 0 aromatic heterocycles. The van der Waals surface area contributed by atoms with E-state index in [9.17, 15) is 0 Å². The Morgan fingerprint density at radius 2 is 0.767 bits per heavy atom. The van der Waals surface area contributed by atoms with Gasteiger partial charge in [-0.05, 0) is 104 Å². The molecule has 7 aromatic carbocycles. The van der Waals surface area contributed by atoms with E-state index in [0.717, 1.165) is 0 Å². The molecule has 6 aliphatic rings. The number of nitrogens with zero attached hydrogens (tertiary/aromatic N) is 4. The van der Waals surface area contributed by atoms with Crippen LogP contribution < -0.4 is 30.2 Å². The maximum atomic E-state index is 2.70. The van der Waals surface area contributed by atoms with E-state index < -0.39 is 0 Å². The third-order valence-corrected chi connectivity index (χ3v) is 15.3. The fourth-order valence-electron chi connectivity index (χ4n) is 12.2. The summed E-state index contributed by atoms with van der Waals surface area (Å²) in [7, 11) is 0. The van der Waals surface area contributed by atoms with Crippen LogP contribution in [0.5, 0.6) is 0 Å². The van der Waals surface area contributed by atoms with Crippen molar-refractivity contribution >= 4 is 70.4 Å². The van der Waals surface area contributed by atoms with Gasteiger partial charge in [0, 0.05) is 44.7 Å². The van der Waals surface area contributed by atoms with E-state index >= 15 is 0 Å². The Kier molecular flexibility index (Phi) is 6.57. The summed E-state index contributed by atoms with van der Waals surface area (Å²) in [5, 5.41) is 0. The van der Waals surface area contributed by atoms with E-state index in [2.05, 4.69) is 208 Å². The van der Waals surface area contributed by atoms with Crippen molar-refractivity contribution in [1.82, 2.24) is 0 Å². The number of anilines is 8. The second-order valence-electron chi connectivity index (χ2n) is 19.7. The summed E-state index contributed by atoms with van der Waals surface area (Å²) in [6, 6.07) is 52.2. The molecule has 13 rings (SSSR count). The predicted molar refractivity (Wildman–Crippen MR) is 255 cm³/mol. The van der Waals surface area contributed by atoms with Gasteiger partial charge in [-0.1, -0.05) is 152 Å². The minimum absolute atomic E-state index is 0.0420. The largest absolute Gasteiger partial charge is 0.421 e. The minimum Gasteiger partial charge on any atom is -0.359 e. The predicted octanol–water partition coefficient (Wildman–Crippen LogP) is 12.5. The Morgan fingerprint density at radius 1 is 0.367 bits per heavy atom. The number of rotatable bonds is 2.